The third kappa shape index (κ3) is 3.28. The number of pyridine rings is 2. The fourth-order valence-corrected chi connectivity index (χ4v) is 3.25. The molecule has 0 bridgehead atoms. The lowest BCUT2D eigenvalue weighted by Gasteiger charge is -2.15. The van der Waals surface area contributed by atoms with Gasteiger partial charge in [0, 0.05) is 37.3 Å². The van der Waals surface area contributed by atoms with E-state index in [1.165, 1.54) is 12.8 Å². The molecule has 0 atom stereocenters. The van der Waals surface area contributed by atoms with Crippen molar-refractivity contribution in [3.63, 3.8) is 0 Å². The van der Waals surface area contributed by atoms with Crippen LogP contribution in [0, 0.1) is 0 Å². The third-order valence-corrected chi connectivity index (χ3v) is 4.64. The molecule has 7 nitrogen and oxygen atoms in total. The van der Waals surface area contributed by atoms with Crippen LogP contribution in [0.1, 0.15) is 18.4 Å². The van der Waals surface area contributed by atoms with Crippen molar-refractivity contribution in [1.82, 2.24) is 15.3 Å². The van der Waals surface area contributed by atoms with E-state index in [9.17, 15) is 4.79 Å². The molecule has 0 aromatic carbocycles. The summed E-state index contributed by atoms with van der Waals surface area (Å²) in [6.07, 6.45) is 9.36. The highest BCUT2D eigenvalue weighted by atomic mass is 16.2. The van der Waals surface area contributed by atoms with Crippen molar-refractivity contribution >= 4 is 23.2 Å². The fourth-order valence-electron chi connectivity index (χ4n) is 3.25. The minimum Gasteiger partial charge on any atom is -0.357 e. The third-order valence-electron chi connectivity index (χ3n) is 4.64. The van der Waals surface area contributed by atoms with E-state index in [1.807, 2.05) is 18.2 Å². The van der Waals surface area contributed by atoms with E-state index >= 15 is 0 Å². The molecular weight excluding hydrogens is 328 g/mol. The summed E-state index contributed by atoms with van der Waals surface area (Å²) < 4.78 is 0. The maximum Gasteiger partial charge on any atom is 0.326 e. The first kappa shape index (κ1) is 16.3. The number of anilines is 2. The average Bonchev–Trinajstić information content (AvgIpc) is 3.32. The lowest BCUT2D eigenvalue weighted by atomic mass is 10.1. The molecule has 2 fully saturated rings. The van der Waals surface area contributed by atoms with Crippen molar-refractivity contribution in [2.75, 3.05) is 29.4 Å². The molecule has 7 heteroatoms. The summed E-state index contributed by atoms with van der Waals surface area (Å²) in [6, 6.07) is 7.45. The van der Waals surface area contributed by atoms with E-state index in [2.05, 4.69) is 20.2 Å². The number of allylic oxidation sites excluding steroid dienone is 1. The maximum absolute atomic E-state index is 12.2. The van der Waals surface area contributed by atoms with Gasteiger partial charge in [-0.05, 0) is 37.1 Å². The molecule has 26 heavy (non-hydrogen) atoms. The van der Waals surface area contributed by atoms with Crippen LogP contribution in [0.4, 0.5) is 16.3 Å². The van der Waals surface area contributed by atoms with E-state index in [0.717, 1.165) is 35.9 Å². The molecule has 2 aliphatic rings. The van der Waals surface area contributed by atoms with Gasteiger partial charge < -0.3 is 10.2 Å². The molecule has 2 aromatic heterocycles. The Morgan fingerprint density at radius 3 is 2.73 bits per heavy atom. The van der Waals surface area contributed by atoms with E-state index in [-0.39, 0.29) is 6.03 Å². The van der Waals surface area contributed by atoms with Crippen LogP contribution in [0.15, 0.2) is 54.6 Å². The molecule has 0 saturated carbocycles. The van der Waals surface area contributed by atoms with E-state index < -0.39 is 0 Å². The number of carbonyl (C=O) groups excluding carboxylic acids is 1. The van der Waals surface area contributed by atoms with Gasteiger partial charge in [0.1, 0.15) is 5.82 Å². The summed E-state index contributed by atoms with van der Waals surface area (Å²) in [5.41, 5.74) is 2.92. The zero-order valence-corrected chi connectivity index (χ0v) is 14.4. The second-order valence-electron chi connectivity index (χ2n) is 6.45. The molecule has 2 aromatic rings. The van der Waals surface area contributed by atoms with Crippen LogP contribution >= 0.6 is 0 Å². The van der Waals surface area contributed by atoms with Gasteiger partial charge >= 0.3 is 6.03 Å². The first-order valence-electron chi connectivity index (χ1n) is 8.73. The van der Waals surface area contributed by atoms with E-state index in [0.29, 0.717) is 12.3 Å². The largest absolute Gasteiger partial charge is 0.357 e. The molecule has 3 N–H and O–H groups in total. The van der Waals surface area contributed by atoms with Gasteiger partial charge in [0.15, 0.2) is 0 Å². The highest BCUT2D eigenvalue weighted by Gasteiger charge is 2.26. The molecule has 0 spiro atoms. The van der Waals surface area contributed by atoms with Crippen molar-refractivity contribution in [2.45, 2.75) is 12.8 Å². The van der Waals surface area contributed by atoms with Gasteiger partial charge in [-0.15, -0.1) is 0 Å². The van der Waals surface area contributed by atoms with Crippen LogP contribution in [0.3, 0.4) is 0 Å². The monoisotopic (exact) mass is 349 g/mol. The summed E-state index contributed by atoms with van der Waals surface area (Å²) in [5.74, 6) is 0.989. The smallest absolute Gasteiger partial charge is 0.326 e. The Morgan fingerprint density at radius 1 is 1.19 bits per heavy atom. The number of nitrogens with two attached hydrogens (primary N) is 1. The molecule has 0 aliphatic carbocycles. The van der Waals surface area contributed by atoms with Crippen molar-refractivity contribution in [2.24, 2.45) is 0 Å². The topological polar surface area (TPSA) is 86.9 Å². The summed E-state index contributed by atoms with van der Waals surface area (Å²) in [4.78, 5) is 24.7. The quantitative estimate of drug-likeness (QED) is 0.797. The number of amides is 2. The van der Waals surface area contributed by atoms with Gasteiger partial charge in [0.05, 0.1) is 24.0 Å². The summed E-state index contributed by atoms with van der Waals surface area (Å²) in [7, 11) is 0. The minimum absolute atomic E-state index is 0.181. The van der Waals surface area contributed by atoms with Crippen molar-refractivity contribution in [1.29, 1.82) is 0 Å². The average molecular weight is 349 g/mol. The van der Waals surface area contributed by atoms with Crippen LogP contribution in [0.25, 0.3) is 0 Å². The van der Waals surface area contributed by atoms with Crippen LogP contribution < -0.4 is 20.5 Å². The van der Waals surface area contributed by atoms with Gasteiger partial charge in [-0.1, -0.05) is 0 Å². The minimum atomic E-state index is -0.181. The van der Waals surface area contributed by atoms with Gasteiger partial charge in [-0.2, -0.15) is 0 Å². The summed E-state index contributed by atoms with van der Waals surface area (Å²) >= 11 is 0. The Balaban J connectivity index is 1.46. The Kier molecular flexibility index (Phi) is 4.35. The second kappa shape index (κ2) is 6.95. The molecule has 0 unspecified atom stereocenters. The summed E-state index contributed by atoms with van der Waals surface area (Å²) in [6.45, 7) is 2.56. The van der Waals surface area contributed by atoms with E-state index in [1.54, 1.807) is 35.6 Å². The molecule has 4 heterocycles. The molecule has 132 valence electrons. The first-order chi connectivity index (χ1) is 12.7. The predicted octanol–water partition coefficient (Wildman–Crippen LogP) is 0.739. The highest BCUT2D eigenvalue weighted by Crippen LogP contribution is 2.19. The molecular formula is C19H21N6O+. The van der Waals surface area contributed by atoms with Crippen LogP contribution in [-0.2, 0) is 0 Å². The Labute approximate surface area is 151 Å². The number of hydrogen-bond donors (Lipinski definition) is 2. The molecule has 4 rings (SSSR count). The van der Waals surface area contributed by atoms with Crippen molar-refractivity contribution in [3.8, 4) is 0 Å². The number of urea groups is 1. The Bertz CT molecular complexity index is 840. The predicted molar refractivity (Wildman–Crippen MR) is 99.9 cm³/mol. The first-order valence-corrected chi connectivity index (χ1v) is 8.73. The second-order valence-corrected chi connectivity index (χ2v) is 6.45. The van der Waals surface area contributed by atoms with Gasteiger partial charge in [-0.25, -0.2) is 9.78 Å². The van der Waals surface area contributed by atoms with Crippen molar-refractivity contribution in [3.05, 3.63) is 60.2 Å². The molecule has 2 aliphatic heterocycles. The SMILES string of the molecule is [NH2+]=C(/C=C1/CN(c2cccnc2)C(=O)N1)c1ccc(N2CCCC2)nc1. The molecule has 0 radical (unpaired) electrons. The van der Waals surface area contributed by atoms with Gasteiger partial charge in [0.25, 0.3) is 0 Å². The highest BCUT2D eigenvalue weighted by molar-refractivity contribution is 6.06. The van der Waals surface area contributed by atoms with Gasteiger partial charge in [-0.3, -0.25) is 15.3 Å². The number of hydrogen-bond acceptors (Lipinski definition) is 4. The van der Waals surface area contributed by atoms with Crippen LogP contribution in [0.5, 0.6) is 0 Å². The number of nitrogens with one attached hydrogen (secondary N) is 1. The molecule has 2 saturated heterocycles. The Morgan fingerprint density at radius 2 is 2.04 bits per heavy atom. The lowest BCUT2D eigenvalue weighted by Crippen LogP contribution is -2.39. The number of carbonyl (C=O) groups is 1. The molecule has 2 amide bonds. The normalized spacial score (nSPS) is 18.5. The zero-order chi connectivity index (χ0) is 17.9. The standard InChI is InChI=1S/C19H20N6O/c20-17(14-5-6-18(22-11-14)24-8-1-2-9-24)10-15-13-25(19(26)23-15)16-4-3-7-21-12-16/h3-7,10-12,20H,1-2,8-9,13H2,(H,23,26)/p+1/b15-10-,20-17?. The summed E-state index contributed by atoms with van der Waals surface area (Å²) in [5, 5.41) is 9.06. The van der Waals surface area contributed by atoms with Crippen molar-refractivity contribution < 1.29 is 10.2 Å². The number of aromatic nitrogens is 2. The fraction of sp³-hybridized carbons (Fsp3) is 0.263. The van der Waals surface area contributed by atoms with Crippen LogP contribution in [-0.4, -0.2) is 41.3 Å². The van der Waals surface area contributed by atoms with Crippen LogP contribution in [0.2, 0.25) is 0 Å². The van der Waals surface area contributed by atoms with Gasteiger partial charge in [0.2, 0.25) is 5.71 Å². The lowest BCUT2D eigenvalue weighted by molar-refractivity contribution is -0.111. The number of nitrogens with zero attached hydrogens (tertiary/aromatic N) is 4. The Hall–Kier alpha value is -3.22. The number of rotatable bonds is 4. The zero-order valence-electron chi connectivity index (χ0n) is 14.4. The maximum atomic E-state index is 12.2. The van der Waals surface area contributed by atoms with E-state index in [4.69, 9.17) is 5.41 Å².